The van der Waals surface area contributed by atoms with E-state index in [2.05, 4.69) is 15.6 Å². The lowest BCUT2D eigenvalue weighted by Crippen LogP contribution is -2.21. The highest BCUT2D eigenvalue weighted by Crippen LogP contribution is 2.28. The second-order valence-electron chi connectivity index (χ2n) is 5.32. The maximum absolute atomic E-state index is 11.8. The Kier molecular flexibility index (Phi) is 5.84. The largest absolute Gasteiger partial charge is 0.505 e. The Morgan fingerprint density at radius 3 is 2.72 bits per heavy atom. The molecule has 2 aromatic rings. The number of allylic oxidation sites excluding steroid dienone is 1. The number of aliphatic imine (C=N–C) groups is 1. The number of amidine groups is 1. The summed E-state index contributed by atoms with van der Waals surface area (Å²) in [5.74, 6) is 1.25. The van der Waals surface area contributed by atoms with Gasteiger partial charge in [0.25, 0.3) is 5.91 Å². The van der Waals surface area contributed by atoms with Crippen LogP contribution in [0.2, 0.25) is 0 Å². The van der Waals surface area contributed by atoms with Crippen molar-refractivity contribution in [2.24, 2.45) is 10.7 Å². The van der Waals surface area contributed by atoms with E-state index in [0.29, 0.717) is 23.7 Å². The fraction of sp³-hybridized carbons (Fsp3) is 0.222. The van der Waals surface area contributed by atoms with Crippen LogP contribution in [-0.2, 0) is 6.54 Å². The topological polar surface area (TPSA) is 113 Å². The second kappa shape index (κ2) is 8.05. The number of benzene rings is 1. The molecule has 5 N–H and O–H groups in total. The number of hydrogen-bond acceptors (Lipinski definition) is 5. The molecule has 0 aliphatic rings. The Balaban J connectivity index is 2.18. The van der Waals surface area contributed by atoms with Gasteiger partial charge in [0.05, 0.1) is 23.5 Å². The molecule has 7 heteroatoms. The predicted molar refractivity (Wildman–Crippen MR) is 97.6 cm³/mol. The number of rotatable bonds is 6. The van der Waals surface area contributed by atoms with Crippen molar-refractivity contribution in [1.82, 2.24) is 5.32 Å². The summed E-state index contributed by atoms with van der Waals surface area (Å²) in [5, 5.41) is 15.8. The van der Waals surface area contributed by atoms with E-state index in [1.807, 2.05) is 19.1 Å². The lowest BCUT2D eigenvalue weighted by atomic mass is 10.1. The van der Waals surface area contributed by atoms with Gasteiger partial charge in [0.2, 0.25) is 0 Å². The number of nitrogens with one attached hydrogen (secondary N) is 2. The average molecular weight is 342 g/mol. The zero-order valence-electron chi connectivity index (χ0n) is 14.5. The molecule has 0 aliphatic carbocycles. The summed E-state index contributed by atoms with van der Waals surface area (Å²) < 4.78 is 5.45. The van der Waals surface area contributed by atoms with Crippen molar-refractivity contribution in [3.05, 3.63) is 59.2 Å². The molecule has 1 aromatic heterocycles. The van der Waals surface area contributed by atoms with Crippen LogP contribution in [0.3, 0.4) is 0 Å². The molecule has 0 saturated heterocycles. The molecular formula is C18H22N4O3. The van der Waals surface area contributed by atoms with Gasteiger partial charge in [0, 0.05) is 7.05 Å². The Hall–Kier alpha value is -3.22. The average Bonchev–Trinajstić information content (AvgIpc) is 3.03. The highest BCUT2D eigenvalue weighted by Gasteiger charge is 2.14. The van der Waals surface area contributed by atoms with Gasteiger partial charge in [-0.25, -0.2) is 0 Å². The lowest BCUT2D eigenvalue weighted by Gasteiger charge is -2.13. The Bertz CT molecular complexity index is 821. The van der Waals surface area contributed by atoms with Gasteiger partial charge in [-0.3, -0.25) is 9.79 Å². The van der Waals surface area contributed by atoms with E-state index in [1.165, 1.54) is 13.1 Å². The maximum atomic E-state index is 11.8. The van der Waals surface area contributed by atoms with Gasteiger partial charge in [-0.2, -0.15) is 0 Å². The number of phenols is 1. The molecule has 0 unspecified atom stereocenters. The molecule has 1 aromatic carbocycles. The Morgan fingerprint density at radius 2 is 2.12 bits per heavy atom. The first-order chi connectivity index (χ1) is 12.0. The monoisotopic (exact) mass is 342 g/mol. The van der Waals surface area contributed by atoms with Crippen molar-refractivity contribution in [2.45, 2.75) is 20.4 Å². The fourth-order valence-corrected chi connectivity index (χ4v) is 2.21. The molecule has 0 radical (unpaired) electrons. The summed E-state index contributed by atoms with van der Waals surface area (Å²) in [7, 11) is 1.50. The van der Waals surface area contributed by atoms with E-state index in [0.717, 1.165) is 5.76 Å². The number of hydrogen-bond donors (Lipinski definition) is 4. The number of para-hydroxylation sites is 1. The quantitative estimate of drug-likeness (QED) is 0.366. The summed E-state index contributed by atoms with van der Waals surface area (Å²) >= 11 is 0. The molecule has 25 heavy (non-hydrogen) atoms. The van der Waals surface area contributed by atoms with Gasteiger partial charge in [0.1, 0.15) is 17.4 Å². The number of anilines is 1. The molecule has 0 fully saturated rings. The molecule has 0 saturated carbocycles. The standard InChI is InChI=1S/C18H22N4O3/c1-4-14(17(19)21-10-12-9-8-11(2)25-12)22-15-7-5-6-13(16(15)23)18(24)20-3/h4-9,22-23H,10H2,1-3H3,(H2,19,21)(H,20,24)/b14-4+. The third kappa shape index (κ3) is 4.41. The van der Waals surface area contributed by atoms with Crippen molar-refractivity contribution in [2.75, 3.05) is 12.4 Å². The Morgan fingerprint density at radius 1 is 1.36 bits per heavy atom. The first-order valence-corrected chi connectivity index (χ1v) is 7.79. The normalized spacial score (nSPS) is 12.1. The van der Waals surface area contributed by atoms with Crippen LogP contribution in [0.25, 0.3) is 0 Å². The van der Waals surface area contributed by atoms with Crippen LogP contribution in [0.5, 0.6) is 5.75 Å². The number of aromatic hydroxyl groups is 1. The predicted octanol–water partition coefficient (Wildman–Crippen LogP) is 2.53. The number of furan rings is 1. The van der Waals surface area contributed by atoms with Crippen LogP contribution in [-0.4, -0.2) is 23.9 Å². The van der Waals surface area contributed by atoms with E-state index in [-0.39, 0.29) is 23.1 Å². The highest BCUT2D eigenvalue weighted by molar-refractivity contribution is 6.02. The zero-order chi connectivity index (χ0) is 18.4. The summed E-state index contributed by atoms with van der Waals surface area (Å²) in [6, 6.07) is 8.55. The number of carbonyl (C=O) groups excluding carboxylic acids is 1. The number of carbonyl (C=O) groups is 1. The van der Waals surface area contributed by atoms with Gasteiger partial charge in [-0.15, -0.1) is 0 Å². The number of nitrogens with two attached hydrogens (primary N) is 1. The zero-order valence-corrected chi connectivity index (χ0v) is 14.5. The SMILES string of the molecule is C/C=C(/Nc1cccc(C(=O)NC)c1O)C(N)=NCc1ccc(C)o1. The minimum absolute atomic E-state index is 0.157. The number of amides is 1. The number of aryl methyl sites for hydroxylation is 1. The van der Waals surface area contributed by atoms with E-state index < -0.39 is 0 Å². The Labute approximate surface area is 146 Å². The highest BCUT2D eigenvalue weighted by atomic mass is 16.3. The van der Waals surface area contributed by atoms with Gasteiger partial charge < -0.3 is 25.9 Å². The molecular weight excluding hydrogens is 320 g/mol. The van der Waals surface area contributed by atoms with Crippen LogP contribution in [0.1, 0.15) is 28.8 Å². The first kappa shape index (κ1) is 18.1. The molecule has 2 rings (SSSR count). The number of phenolic OH excluding ortho intramolecular Hbond substituents is 1. The van der Waals surface area contributed by atoms with Crippen LogP contribution < -0.4 is 16.4 Å². The molecule has 1 amide bonds. The third-order valence-corrected chi connectivity index (χ3v) is 3.54. The van der Waals surface area contributed by atoms with Crippen molar-refractivity contribution in [3.63, 3.8) is 0 Å². The van der Waals surface area contributed by atoms with E-state index in [9.17, 15) is 9.90 Å². The minimum Gasteiger partial charge on any atom is -0.505 e. The summed E-state index contributed by atoms with van der Waals surface area (Å²) in [6.07, 6.45) is 1.73. The van der Waals surface area contributed by atoms with Crippen molar-refractivity contribution < 1.29 is 14.3 Å². The van der Waals surface area contributed by atoms with E-state index in [1.54, 1.807) is 25.1 Å². The van der Waals surface area contributed by atoms with Crippen LogP contribution in [0.15, 0.2) is 51.5 Å². The molecule has 132 valence electrons. The number of nitrogens with zero attached hydrogens (tertiary/aromatic N) is 1. The molecule has 0 spiro atoms. The van der Waals surface area contributed by atoms with Gasteiger partial charge >= 0.3 is 0 Å². The molecule has 7 nitrogen and oxygen atoms in total. The van der Waals surface area contributed by atoms with E-state index in [4.69, 9.17) is 10.2 Å². The lowest BCUT2D eigenvalue weighted by molar-refractivity contribution is 0.0960. The van der Waals surface area contributed by atoms with E-state index >= 15 is 0 Å². The second-order valence-corrected chi connectivity index (χ2v) is 5.32. The van der Waals surface area contributed by atoms with Crippen molar-refractivity contribution in [3.8, 4) is 5.75 Å². The maximum Gasteiger partial charge on any atom is 0.254 e. The van der Waals surface area contributed by atoms with Crippen molar-refractivity contribution in [1.29, 1.82) is 0 Å². The molecule has 0 aliphatic heterocycles. The first-order valence-electron chi connectivity index (χ1n) is 7.79. The van der Waals surface area contributed by atoms with Crippen molar-refractivity contribution >= 4 is 17.4 Å². The summed E-state index contributed by atoms with van der Waals surface area (Å²) in [4.78, 5) is 16.1. The fourth-order valence-electron chi connectivity index (χ4n) is 2.21. The minimum atomic E-state index is -0.377. The molecule has 0 bridgehead atoms. The van der Waals surface area contributed by atoms with Gasteiger partial charge in [-0.1, -0.05) is 12.1 Å². The van der Waals surface area contributed by atoms with Crippen LogP contribution in [0, 0.1) is 6.92 Å². The van der Waals surface area contributed by atoms with Crippen LogP contribution in [0.4, 0.5) is 5.69 Å². The molecule has 0 atom stereocenters. The summed E-state index contributed by atoms with van der Waals surface area (Å²) in [6.45, 7) is 3.96. The smallest absolute Gasteiger partial charge is 0.254 e. The van der Waals surface area contributed by atoms with Crippen LogP contribution >= 0.6 is 0 Å². The van der Waals surface area contributed by atoms with Gasteiger partial charge in [-0.05, 0) is 38.1 Å². The van der Waals surface area contributed by atoms with Gasteiger partial charge in [0.15, 0.2) is 5.75 Å². The summed E-state index contributed by atoms with van der Waals surface area (Å²) in [5.41, 5.74) is 7.08. The third-order valence-electron chi connectivity index (χ3n) is 3.54. The molecule has 1 heterocycles.